The van der Waals surface area contributed by atoms with Crippen molar-refractivity contribution in [1.82, 2.24) is 20.3 Å². The summed E-state index contributed by atoms with van der Waals surface area (Å²) in [5.41, 5.74) is 3.44. The zero-order chi connectivity index (χ0) is 15.6. The molecule has 1 saturated carbocycles. The first-order valence-electron chi connectivity index (χ1n) is 8.93. The number of fused-ring (bicyclic) bond motifs is 1. The second-order valence-corrected chi connectivity index (χ2v) is 6.95. The number of halogens is 1. The van der Waals surface area contributed by atoms with Crippen LogP contribution in [0.15, 0.2) is 12.3 Å². The van der Waals surface area contributed by atoms with Crippen molar-refractivity contribution >= 4 is 23.6 Å². The molecule has 2 fully saturated rings. The summed E-state index contributed by atoms with van der Waals surface area (Å²) in [5, 5.41) is 3.44. The third kappa shape index (κ3) is 3.44. The fourth-order valence-corrected chi connectivity index (χ4v) is 4.18. The molecular formula is C18H27ClN4O. The molecule has 132 valence electrons. The standard InChI is InChI=1S/C18H26N4O.ClH/c1-23-14-4-2-13(3-5-14)17-21-16-15(8-11-20-18(16)22-17)12-6-9-19-10-7-12;/h8,11-14,19H,2-7,9-10H2,1H3,(H,20,21,22);1H. The average molecular weight is 351 g/mol. The molecule has 1 saturated heterocycles. The smallest absolute Gasteiger partial charge is 0.157 e. The summed E-state index contributed by atoms with van der Waals surface area (Å²) in [6, 6.07) is 2.17. The van der Waals surface area contributed by atoms with E-state index in [1.165, 1.54) is 18.4 Å². The number of nitrogens with one attached hydrogen (secondary N) is 2. The van der Waals surface area contributed by atoms with Gasteiger partial charge in [-0.25, -0.2) is 9.97 Å². The number of H-pyrrole nitrogens is 1. The number of pyridine rings is 1. The van der Waals surface area contributed by atoms with Crippen molar-refractivity contribution in [3.8, 4) is 0 Å². The Bertz CT molecular complexity index is 660. The van der Waals surface area contributed by atoms with Crippen LogP contribution in [-0.4, -0.2) is 41.3 Å². The van der Waals surface area contributed by atoms with Crippen molar-refractivity contribution in [3.63, 3.8) is 0 Å². The van der Waals surface area contributed by atoms with Gasteiger partial charge < -0.3 is 15.0 Å². The van der Waals surface area contributed by atoms with Crippen LogP contribution in [0.25, 0.3) is 11.2 Å². The summed E-state index contributed by atoms with van der Waals surface area (Å²) in [6.07, 6.45) is 9.32. The molecular weight excluding hydrogens is 324 g/mol. The molecule has 0 bridgehead atoms. The van der Waals surface area contributed by atoms with Gasteiger partial charge in [-0.1, -0.05) is 0 Å². The summed E-state index contributed by atoms with van der Waals surface area (Å²) in [5.74, 6) is 2.27. The van der Waals surface area contributed by atoms with Crippen molar-refractivity contribution < 1.29 is 4.74 Å². The van der Waals surface area contributed by atoms with Crippen molar-refractivity contribution in [1.29, 1.82) is 0 Å². The number of hydrogen-bond donors (Lipinski definition) is 2. The van der Waals surface area contributed by atoms with E-state index < -0.39 is 0 Å². The van der Waals surface area contributed by atoms with E-state index in [1.54, 1.807) is 0 Å². The highest BCUT2D eigenvalue weighted by Gasteiger charge is 2.26. The summed E-state index contributed by atoms with van der Waals surface area (Å²) in [7, 11) is 1.82. The van der Waals surface area contributed by atoms with E-state index in [1.807, 2.05) is 13.3 Å². The lowest BCUT2D eigenvalue weighted by Crippen LogP contribution is -2.26. The molecule has 0 amide bonds. The molecule has 0 radical (unpaired) electrons. The molecule has 5 nitrogen and oxygen atoms in total. The third-order valence-corrected chi connectivity index (χ3v) is 5.61. The molecule has 24 heavy (non-hydrogen) atoms. The summed E-state index contributed by atoms with van der Waals surface area (Å²) in [4.78, 5) is 13.0. The van der Waals surface area contributed by atoms with Crippen LogP contribution < -0.4 is 5.32 Å². The minimum Gasteiger partial charge on any atom is -0.381 e. The van der Waals surface area contributed by atoms with E-state index in [2.05, 4.69) is 21.4 Å². The summed E-state index contributed by atoms with van der Waals surface area (Å²) in [6.45, 7) is 2.21. The van der Waals surface area contributed by atoms with Gasteiger partial charge in [-0.05, 0) is 69.2 Å². The molecule has 2 aromatic heterocycles. The third-order valence-electron chi connectivity index (χ3n) is 5.61. The first-order valence-corrected chi connectivity index (χ1v) is 8.93. The van der Waals surface area contributed by atoms with Crippen molar-refractivity contribution in [2.45, 2.75) is 56.5 Å². The Hall–Kier alpha value is -1.17. The Morgan fingerprint density at radius 2 is 1.79 bits per heavy atom. The quantitative estimate of drug-likeness (QED) is 0.889. The van der Waals surface area contributed by atoms with Crippen LogP contribution in [0.3, 0.4) is 0 Å². The number of hydrogen-bond acceptors (Lipinski definition) is 4. The predicted molar refractivity (Wildman–Crippen MR) is 98.0 cm³/mol. The van der Waals surface area contributed by atoms with Crippen LogP contribution in [-0.2, 0) is 4.74 Å². The van der Waals surface area contributed by atoms with Crippen molar-refractivity contribution in [3.05, 3.63) is 23.7 Å². The number of ether oxygens (including phenoxy) is 1. The maximum Gasteiger partial charge on any atom is 0.157 e. The Labute approximate surface area is 149 Å². The first-order chi connectivity index (χ1) is 11.3. The van der Waals surface area contributed by atoms with Crippen LogP contribution in [0.5, 0.6) is 0 Å². The number of nitrogens with zero attached hydrogens (tertiary/aromatic N) is 2. The van der Waals surface area contributed by atoms with Crippen LogP contribution in [0.2, 0.25) is 0 Å². The van der Waals surface area contributed by atoms with Gasteiger partial charge in [0.15, 0.2) is 5.65 Å². The Morgan fingerprint density at radius 3 is 2.50 bits per heavy atom. The second kappa shape index (κ2) is 7.81. The zero-order valence-corrected chi connectivity index (χ0v) is 15.1. The fourth-order valence-electron chi connectivity index (χ4n) is 4.18. The summed E-state index contributed by atoms with van der Waals surface area (Å²) < 4.78 is 5.48. The van der Waals surface area contributed by atoms with Gasteiger partial charge >= 0.3 is 0 Å². The van der Waals surface area contributed by atoms with Gasteiger partial charge in [0.2, 0.25) is 0 Å². The van der Waals surface area contributed by atoms with Crippen LogP contribution in [0.4, 0.5) is 0 Å². The van der Waals surface area contributed by atoms with E-state index in [4.69, 9.17) is 9.72 Å². The molecule has 3 heterocycles. The highest BCUT2D eigenvalue weighted by molar-refractivity contribution is 5.85. The molecule has 0 aromatic carbocycles. The Kier molecular flexibility index (Phi) is 5.74. The number of piperidine rings is 1. The lowest BCUT2D eigenvalue weighted by molar-refractivity contribution is 0.0652. The van der Waals surface area contributed by atoms with Crippen molar-refractivity contribution in [2.75, 3.05) is 20.2 Å². The molecule has 1 aliphatic heterocycles. The first kappa shape index (κ1) is 17.6. The Morgan fingerprint density at radius 1 is 1.04 bits per heavy atom. The predicted octanol–water partition coefficient (Wildman–Crippen LogP) is 3.52. The maximum absolute atomic E-state index is 5.48. The van der Waals surface area contributed by atoms with Crippen LogP contribution in [0.1, 0.15) is 61.7 Å². The summed E-state index contributed by atoms with van der Waals surface area (Å²) >= 11 is 0. The molecule has 4 rings (SSSR count). The van der Waals surface area contributed by atoms with Gasteiger partial charge in [-0.3, -0.25) is 0 Å². The van der Waals surface area contributed by atoms with E-state index in [0.29, 0.717) is 17.9 Å². The maximum atomic E-state index is 5.48. The number of methoxy groups -OCH3 is 1. The highest BCUT2D eigenvalue weighted by atomic mass is 35.5. The molecule has 0 atom stereocenters. The lowest BCUT2D eigenvalue weighted by atomic mass is 9.87. The van der Waals surface area contributed by atoms with E-state index in [0.717, 1.165) is 55.8 Å². The largest absolute Gasteiger partial charge is 0.381 e. The van der Waals surface area contributed by atoms with Gasteiger partial charge in [0.1, 0.15) is 11.3 Å². The molecule has 0 unspecified atom stereocenters. The van der Waals surface area contributed by atoms with Gasteiger partial charge in [0, 0.05) is 19.2 Å². The number of aromatic nitrogens is 3. The lowest BCUT2D eigenvalue weighted by Gasteiger charge is -2.26. The fraction of sp³-hybridized carbons (Fsp3) is 0.667. The number of imidazole rings is 1. The van der Waals surface area contributed by atoms with Gasteiger partial charge in [0.25, 0.3) is 0 Å². The normalized spacial score (nSPS) is 25.5. The Balaban J connectivity index is 0.00000169. The van der Waals surface area contributed by atoms with Crippen LogP contribution in [0, 0.1) is 0 Å². The minimum atomic E-state index is 0. The molecule has 2 N–H and O–H groups in total. The van der Waals surface area contributed by atoms with Gasteiger partial charge in [-0.15, -0.1) is 12.4 Å². The minimum absolute atomic E-state index is 0. The number of aromatic amines is 1. The molecule has 1 aliphatic carbocycles. The topological polar surface area (TPSA) is 62.8 Å². The van der Waals surface area contributed by atoms with Crippen molar-refractivity contribution in [2.24, 2.45) is 0 Å². The molecule has 2 aromatic rings. The number of rotatable bonds is 3. The van der Waals surface area contributed by atoms with E-state index >= 15 is 0 Å². The van der Waals surface area contributed by atoms with E-state index in [9.17, 15) is 0 Å². The highest BCUT2D eigenvalue weighted by Crippen LogP contribution is 2.35. The van der Waals surface area contributed by atoms with E-state index in [-0.39, 0.29) is 12.4 Å². The SMILES string of the molecule is COC1CCC(c2nc3c(C4CCNCC4)ccnc3[nH]2)CC1.Cl. The average Bonchev–Trinajstić information content (AvgIpc) is 3.06. The van der Waals surface area contributed by atoms with Gasteiger partial charge in [0.05, 0.1) is 6.10 Å². The van der Waals surface area contributed by atoms with Crippen LogP contribution >= 0.6 is 12.4 Å². The zero-order valence-electron chi connectivity index (χ0n) is 14.3. The molecule has 0 spiro atoms. The van der Waals surface area contributed by atoms with Gasteiger partial charge in [-0.2, -0.15) is 0 Å². The monoisotopic (exact) mass is 350 g/mol. The molecule has 6 heteroatoms. The second-order valence-electron chi connectivity index (χ2n) is 6.95. The molecule has 2 aliphatic rings.